The van der Waals surface area contributed by atoms with Gasteiger partial charge in [0.15, 0.2) is 6.29 Å². The zero-order valence-corrected chi connectivity index (χ0v) is 8.87. The molecule has 0 aliphatic rings. The predicted octanol–water partition coefficient (Wildman–Crippen LogP) is 3.29. The van der Waals surface area contributed by atoms with Crippen LogP contribution in [0.2, 0.25) is 5.15 Å². The number of allylic oxidation sites excluding steroid dienone is 1. The van der Waals surface area contributed by atoms with E-state index in [2.05, 4.69) is 6.58 Å². The van der Waals surface area contributed by atoms with Gasteiger partial charge in [0.25, 0.3) is 0 Å². The fourth-order valence-corrected chi connectivity index (χ4v) is 2.03. The van der Waals surface area contributed by atoms with E-state index < -0.39 is 0 Å². The standard InChI is InChI=1S/C12H10ClNO/c1-2-7-14-11-6-4-3-5-9(11)10(8-15)12(14)13/h2-6,8H,1,7H2. The van der Waals surface area contributed by atoms with Crippen LogP contribution >= 0.6 is 11.6 Å². The molecule has 0 saturated heterocycles. The van der Waals surface area contributed by atoms with Gasteiger partial charge in [-0.3, -0.25) is 4.79 Å². The highest BCUT2D eigenvalue weighted by molar-refractivity contribution is 6.34. The molecular weight excluding hydrogens is 210 g/mol. The Morgan fingerprint density at radius 3 is 2.80 bits per heavy atom. The van der Waals surface area contributed by atoms with Crippen LogP contribution in [0.4, 0.5) is 0 Å². The third-order valence-corrected chi connectivity index (χ3v) is 2.78. The largest absolute Gasteiger partial charge is 0.327 e. The third-order valence-electron chi connectivity index (χ3n) is 2.37. The molecule has 15 heavy (non-hydrogen) atoms. The van der Waals surface area contributed by atoms with Gasteiger partial charge in [-0.05, 0) is 6.07 Å². The summed E-state index contributed by atoms with van der Waals surface area (Å²) in [6, 6.07) is 7.65. The Kier molecular flexibility index (Phi) is 2.60. The van der Waals surface area contributed by atoms with Gasteiger partial charge in [-0.15, -0.1) is 6.58 Å². The molecule has 0 aliphatic carbocycles. The first-order valence-electron chi connectivity index (χ1n) is 4.62. The normalized spacial score (nSPS) is 10.5. The smallest absolute Gasteiger partial charge is 0.153 e. The molecule has 3 heteroatoms. The quantitative estimate of drug-likeness (QED) is 0.574. The predicted molar refractivity (Wildman–Crippen MR) is 62.5 cm³/mol. The molecule has 0 bridgehead atoms. The Bertz CT molecular complexity index is 528. The fourth-order valence-electron chi connectivity index (χ4n) is 1.72. The lowest BCUT2D eigenvalue weighted by Gasteiger charge is -2.01. The van der Waals surface area contributed by atoms with Crippen LogP contribution < -0.4 is 0 Å². The van der Waals surface area contributed by atoms with Gasteiger partial charge in [0, 0.05) is 11.9 Å². The van der Waals surface area contributed by atoms with Crippen molar-refractivity contribution in [2.45, 2.75) is 6.54 Å². The molecule has 1 aromatic heterocycles. The van der Waals surface area contributed by atoms with E-state index >= 15 is 0 Å². The molecule has 2 rings (SSSR count). The number of fused-ring (bicyclic) bond motifs is 1. The minimum absolute atomic E-state index is 0.478. The molecule has 0 amide bonds. The van der Waals surface area contributed by atoms with Crippen LogP contribution in [0, 0.1) is 0 Å². The number of carbonyl (C=O) groups is 1. The second-order valence-corrected chi connectivity index (χ2v) is 3.60. The minimum Gasteiger partial charge on any atom is -0.327 e. The topological polar surface area (TPSA) is 22.0 Å². The van der Waals surface area contributed by atoms with Gasteiger partial charge in [-0.1, -0.05) is 35.9 Å². The summed E-state index contributed by atoms with van der Waals surface area (Å²) in [5.74, 6) is 0. The minimum atomic E-state index is 0.478. The monoisotopic (exact) mass is 219 g/mol. The van der Waals surface area contributed by atoms with Crippen molar-refractivity contribution >= 4 is 28.8 Å². The van der Waals surface area contributed by atoms with Crippen molar-refractivity contribution in [3.63, 3.8) is 0 Å². The Morgan fingerprint density at radius 1 is 1.40 bits per heavy atom. The summed E-state index contributed by atoms with van der Waals surface area (Å²) in [5.41, 5.74) is 1.51. The zero-order valence-electron chi connectivity index (χ0n) is 8.11. The maximum Gasteiger partial charge on any atom is 0.153 e. The van der Waals surface area contributed by atoms with E-state index in [1.807, 2.05) is 28.8 Å². The van der Waals surface area contributed by atoms with Crippen LogP contribution in [0.15, 0.2) is 36.9 Å². The maximum atomic E-state index is 10.9. The zero-order chi connectivity index (χ0) is 10.8. The van der Waals surface area contributed by atoms with E-state index in [4.69, 9.17) is 11.6 Å². The van der Waals surface area contributed by atoms with E-state index in [1.165, 1.54) is 0 Å². The molecule has 0 radical (unpaired) electrons. The Labute approximate surface area is 92.8 Å². The summed E-state index contributed by atoms with van der Waals surface area (Å²) >= 11 is 6.12. The molecule has 0 saturated carbocycles. The highest BCUT2D eigenvalue weighted by atomic mass is 35.5. The molecule has 0 N–H and O–H groups in total. The highest BCUT2D eigenvalue weighted by Gasteiger charge is 2.13. The van der Waals surface area contributed by atoms with Gasteiger partial charge in [0.2, 0.25) is 0 Å². The van der Waals surface area contributed by atoms with Crippen molar-refractivity contribution in [2.75, 3.05) is 0 Å². The number of halogens is 1. The van der Waals surface area contributed by atoms with E-state index in [1.54, 1.807) is 6.08 Å². The van der Waals surface area contributed by atoms with Crippen molar-refractivity contribution in [2.24, 2.45) is 0 Å². The van der Waals surface area contributed by atoms with Gasteiger partial charge in [0.1, 0.15) is 5.15 Å². The van der Waals surface area contributed by atoms with Crippen molar-refractivity contribution in [3.8, 4) is 0 Å². The second-order valence-electron chi connectivity index (χ2n) is 3.24. The number of rotatable bonds is 3. The van der Waals surface area contributed by atoms with Crippen LogP contribution in [0.5, 0.6) is 0 Å². The molecule has 1 aromatic carbocycles. The molecule has 0 aliphatic heterocycles. The Balaban J connectivity index is 2.83. The number of carbonyl (C=O) groups excluding carboxylic acids is 1. The lowest BCUT2D eigenvalue weighted by molar-refractivity contribution is 0.112. The summed E-state index contributed by atoms with van der Waals surface area (Å²) in [7, 11) is 0. The summed E-state index contributed by atoms with van der Waals surface area (Å²) in [4.78, 5) is 10.9. The Morgan fingerprint density at radius 2 is 2.13 bits per heavy atom. The van der Waals surface area contributed by atoms with Gasteiger partial charge in [0.05, 0.1) is 11.1 Å². The lowest BCUT2D eigenvalue weighted by Crippen LogP contribution is -1.94. The SMILES string of the molecule is C=CCn1c(Cl)c(C=O)c2ccccc21. The van der Waals surface area contributed by atoms with Crippen molar-refractivity contribution < 1.29 is 4.79 Å². The molecular formula is C12H10ClNO. The van der Waals surface area contributed by atoms with Gasteiger partial charge >= 0.3 is 0 Å². The van der Waals surface area contributed by atoms with E-state index in [-0.39, 0.29) is 0 Å². The number of aromatic nitrogens is 1. The molecule has 2 nitrogen and oxygen atoms in total. The lowest BCUT2D eigenvalue weighted by atomic mass is 10.2. The number of hydrogen-bond donors (Lipinski definition) is 0. The summed E-state index contributed by atoms with van der Waals surface area (Å²) in [6.45, 7) is 4.28. The van der Waals surface area contributed by atoms with Crippen LogP contribution in [-0.4, -0.2) is 10.9 Å². The van der Waals surface area contributed by atoms with Gasteiger partial charge in [-0.2, -0.15) is 0 Å². The van der Waals surface area contributed by atoms with Crippen LogP contribution in [0.25, 0.3) is 10.9 Å². The van der Waals surface area contributed by atoms with Crippen molar-refractivity contribution in [1.82, 2.24) is 4.57 Å². The maximum absolute atomic E-state index is 10.9. The summed E-state index contributed by atoms with van der Waals surface area (Å²) in [5, 5.41) is 1.37. The number of nitrogens with zero attached hydrogens (tertiary/aromatic N) is 1. The van der Waals surface area contributed by atoms with Crippen molar-refractivity contribution in [3.05, 3.63) is 47.6 Å². The van der Waals surface area contributed by atoms with E-state index in [0.29, 0.717) is 17.3 Å². The molecule has 0 unspecified atom stereocenters. The summed E-state index contributed by atoms with van der Waals surface area (Å²) in [6.07, 6.45) is 2.55. The van der Waals surface area contributed by atoms with Crippen LogP contribution in [0.3, 0.4) is 0 Å². The molecule has 0 spiro atoms. The number of aldehydes is 1. The first-order valence-corrected chi connectivity index (χ1v) is 5.00. The Hall–Kier alpha value is -1.54. The molecule has 2 aromatic rings. The number of para-hydroxylation sites is 1. The molecule has 76 valence electrons. The number of hydrogen-bond acceptors (Lipinski definition) is 1. The van der Waals surface area contributed by atoms with E-state index in [0.717, 1.165) is 17.2 Å². The molecule has 1 heterocycles. The first kappa shape index (κ1) is 9.99. The van der Waals surface area contributed by atoms with E-state index in [9.17, 15) is 4.79 Å². The summed E-state index contributed by atoms with van der Waals surface area (Å²) < 4.78 is 1.87. The molecule has 0 fully saturated rings. The number of benzene rings is 1. The average molecular weight is 220 g/mol. The average Bonchev–Trinajstić information content (AvgIpc) is 2.53. The fraction of sp³-hybridized carbons (Fsp3) is 0.0833. The molecule has 0 atom stereocenters. The van der Waals surface area contributed by atoms with Crippen molar-refractivity contribution in [1.29, 1.82) is 0 Å². The van der Waals surface area contributed by atoms with Gasteiger partial charge < -0.3 is 4.57 Å². The highest BCUT2D eigenvalue weighted by Crippen LogP contribution is 2.28. The van der Waals surface area contributed by atoms with Gasteiger partial charge in [-0.25, -0.2) is 0 Å². The first-order chi connectivity index (χ1) is 7.29. The van der Waals surface area contributed by atoms with Crippen LogP contribution in [-0.2, 0) is 6.54 Å². The second kappa shape index (κ2) is 3.91. The third kappa shape index (κ3) is 1.47. The van der Waals surface area contributed by atoms with Crippen LogP contribution in [0.1, 0.15) is 10.4 Å².